The number of methoxy groups -OCH3 is 1. The Kier molecular flexibility index (Phi) is 84.0. The summed E-state index contributed by atoms with van der Waals surface area (Å²) in [5.41, 5.74) is 9.00. The first-order valence-electron chi connectivity index (χ1n) is 7.30. The third kappa shape index (κ3) is 116. The minimum Gasteiger partial charge on any atom is -0.431 e. The molecule has 0 aromatic rings. The number of nitrogens with zero attached hydrogens (tertiary/aromatic N) is 1. The summed E-state index contributed by atoms with van der Waals surface area (Å²) in [7, 11) is 9.27. The number of carbonyl (C=O) groups excluding carboxylic acids is 1. The zero-order valence-corrected chi connectivity index (χ0v) is 16.3. The third-order valence-electron chi connectivity index (χ3n) is 1.54. The molecule has 1 aliphatic rings. The summed E-state index contributed by atoms with van der Waals surface area (Å²) in [6.45, 7) is 5.47. The molecule has 2 atom stereocenters. The average Bonchev–Trinajstić information content (AvgIpc) is 3.41. The first kappa shape index (κ1) is 44.1. The van der Waals surface area contributed by atoms with Crippen molar-refractivity contribution in [2.45, 2.75) is 40.9 Å². The molecule has 0 aromatic heterocycles. The molecule has 2 unspecified atom stereocenters. The summed E-state index contributed by atoms with van der Waals surface area (Å²) >= 11 is 0. The van der Waals surface area contributed by atoms with Crippen molar-refractivity contribution in [1.82, 2.24) is 16.0 Å². The fourth-order valence-electron chi connectivity index (χ4n) is 0.517. The van der Waals surface area contributed by atoms with Crippen molar-refractivity contribution in [3.63, 3.8) is 0 Å². The number of amides is 2. The maximum atomic E-state index is 9.96. The van der Waals surface area contributed by atoms with E-state index in [-0.39, 0.29) is 27.0 Å². The van der Waals surface area contributed by atoms with Crippen LogP contribution in [0.1, 0.15) is 28.7 Å². The molecule has 164 valence electrons. The molecular weight excluding hydrogens is 340 g/mol. The Bertz CT molecular complexity index is 241. The lowest BCUT2D eigenvalue weighted by Crippen LogP contribution is -2.28. The molecule has 1 rings (SSSR count). The number of likely N-dealkylation sites (N-methyl/N-ethyl adjacent to an activating group) is 1. The van der Waals surface area contributed by atoms with Gasteiger partial charge in [-0.3, -0.25) is 0 Å². The number of hydrogen-bond acceptors (Lipinski definition) is 8. The smallest absolute Gasteiger partial charge is 0.314 e. The quantitative estimate of drug-likeness (QED) is 0.286. The Morgan fingerprint density at radius 2 is 1.54 bits per heavy atom. The Balaban J connectivity index is -0.0000000343. The second kappa shape index (κ2) is 49.5. The van der Waals surface area contributed by atoms with Crippen LogP contribution in [-0.4, -0.2) is 78.8 Å². The molecular formula is C16H46N6O4. The van der Waals surface area contributed by atoms with E-state index in [2.05, 4.69) is 39.1 Å². The molecule has 0 aromatic carbocycles. The van der Waals surface area contributed by atoms with Crippen LogP contribution in [-0.2, 0) is 9.47 Å². The summed E-state index contributed by atoms with van der Waals surface area (Å²) in [6, 6.07) is -0.157. The minimum atomic E-state index is -0.213. The van der Waals surface area contributed by atoms with Gasteiger partial charge in [-0.05, 0) is 35.0 Å². The van der Waals surface area contributed by atoms with E-state index in [0.717, 1.165) is 6.61 Å². The molecule has 8 N–H and O–H groups in total. The number of aliphatic hydroxyl groups is 1. The molecule has 2 amide bonds. The van der Waals surface area contributed by atoms with Crippen LogP contribution < -0.4 is 27.4 Å². The number of rotatable bonds is 2. The number of nitrogens with one attached hydrogen (secondary N) is 3. The normalized spacial score (nSPS) is 12.2. The summed E-state index contributed by atoms with van der Waals surface area (Å²) in [4.78, 5) is 9.96. The van der Waals surface area contributed by atoms with E-state index in [1.54, 1.807) is 21.0 Å². The first-order valence-corrected chi connectivity index (χ1v) is 7.30. The highest BCUT2D eigenvalue weighted by Gasteiger charge is 2.13. The van der Waals surface area contributed by atoms with Gasteiger partial charge < -0.3 is 42.0 Å². The minimum absolute atomic E-state index is 0. The van der Waals surface area contributed by atoms with E-state index < -0.39 is 0 Å². The van der Waals surface area contributed by atoms with Crippen molar-refractivity contribution in [1.29, 1.82) is 5.26 Å². The van der Waals surface area contributed by atoms with Crippen molar-refractivity contribution < 1.29 is 19.4 Å². The molecule has 26 heavy (non-hydrogen) atoms. The predicted molar refractivity (Wildman–Crippen MR) is 111 cm³/mol. The number of ether oxygens (including phenoxy) is 2. The zero-order chi connectivity index (χ0) is 20.4. The molecule has 10 heteroatoms. The van der Waals surface area contributed by atoms with E-state index in [1.165, 1.54) is 27.5 Å². The highest BCUT2D eigenvalue weighted by atomic mass is 16.6. The third-order valence-corrected chi connectivity index (χ3v) is 1.54. The molecule has 0 radical (unpaired) electrons. The largest absolute Gasteiger partial charge is 0.431 e. The van der Waals surface area contributed by atoms with E-state index in [9.17, 15) is 4.79 Å². The van der Waals surface area contributed by atoms with Gasteiger partial charge in [-0.15, -0.1) is 0 Å². The van der Waals surface area contributed by atoms with Crippen LogP contribution >= 0.6 is 0 Å². The Labute approximate surface area is 161 Å². The van der Waals surface area contributed by atoms with Crippen LogP contribution in [0.5, 0.6) is 0 Å². The fourth-order valence-corrected chi connectivity index (χ4v) is 0.517. The Morgan fingerprint density at radius 3 is 1.54 bits per heavy atom. The van der Waals surface area contributed by atoms with Crippen LogP contribution in [0.25, 0.3) is 0 Å². The summed E-state index contributed by atoms with van der Waals surface area (Å²) in [5.74, 6) is 0. The molecule has 0 bridgehead atoms. The van der Waals surface area contributed by atoms with E-state index in [1.807, 2.05) is 7.05 Å². The molecule has 0 spiro atoms. The molecule has 1 heterocycles. The maximum Gasteiger partial charge on any atom is 0.314 e. The SMILES string of the molecule is C.C.CC1CO1.CN.CN.CNC(=O)NC.CNCC(C)O.COC#N. The molecule has 1 saturated heterocycles. The van der Waals surface area contributed by atoms with Gasteiger partial charge in [0.05, 0.1) is 25.9 Å². The van der Waals surface area contributed by atoms with Crippen molar-refractivity contribution in [3.8, 4) is 6.26 Å². The number of urea groups is 1. The number of nitrogens with two attached hydrogens (primary N) is 2. The summed E-state index contributed by atoms with van der Waals surface area (Å²) in [5, 5.41) is 23.4. The standard InChI is InChI=1S/C4H11NO.C3H8N2O.C3H6O.C2H3NO.2CH5N.2CH4/c1-4(6)3-5-2;1-4-3(6)5-2;1-3-2-4-3;1-4-2-3;2*1-2;;/h4-6H,3H2,1-2H3;1-2H3,(H2,4,5,6);3H,2H2,1H3;1H3;2*2H2,1H3;2*1H4. The van der Waals surface area contributed by atoms with Gasteiger partial charge in [-0.1, -0.05) is 14.9 Å². The van der Waals surface area contributed by atoms with Crippen molar-refractivity contribution in [2.75, 3.05) is 55.5 Å². The fraction of sp³-hybridized carbons (Fsp3) is 0.875. The second-order valence-corrected chi connectivity index (χ2v) is 3.68. The molecule has 10 nitrogen and oxygen atoms in total. The summed E-state index contributed by atoms with van der Waals surface area (Å²) < 4.78 is 8.56. The van der Waals surface area contributed by atoms with Gasteiger partial charge in [-0.2, -0.15) is 5.26 Å². The number of hydrogen-bond donors (Lipinski definition) is 6. The molecule has 1 fully saturated rings. The van der Waals surface area contributed by atoms with Gasteiger partial charge in [0.1, 0.15) is 0 Å². The van der Waals surface area contributed by atoms with Crippen LogP contribution in [0.15, 0.2) is 0 Å². The lowest BCUT2D eigenvalue weighted by atomic mass is 10.4. The number of aliphatic hydroxyl groups excluding tert-OH is 1. The van der Waals surface area contributed by atoms with Gasteiger partial charge in [0.2, 0.25) is 0 Å². The monoisotopic (exact) mass is 386 g/mol. The van der Waals surface area contributed by atoms with Crippen LogP contribution in [0.4, 0.5) is 4.79 Å². The highest BCUT2D eigenvalue weighted by molar-refractivity contribution is 5.72. The predicted octanol–water partition coefficient (Wildman–Crippen LogP) is 0.0728. The van der Waals surface area contributed by atoms with E-state index in [4.69, 9.17) is 15.1 Å². The highest BCUT2D eigenvalue weighted by Crippen LogP contribution is 2.04. The van der Waals surface area contributed by atoms with Gasteiger partial charge in [0, 0.05) is 20.6 Å². The first-order chi connectivity index (χ1) is 11.4. The number of nitriles is 1. The van der Waals surface area contributed by atoms with Crippen molar-refractivity contribution in [3.05, 3.63) is 0 Å². The van der Waals surface area contributed by atoms with Gasteiger partial charge >= 0.3 is 6.03 Å². The zero-order valence-electron chi connectivity index (χ0n) is 16.3. The number of epoxide rings is 1. The number of carbonyl (C=O) groups is 1. The van der Waals surface area contributed by atoms with Gasteiger partial charge in [0.15, 0.2) is 0 Å². The van der Waals surface area contributed by atoms with Crippen molar-refractivity contribution in [2.24, 2.45) is 11.5 Å². The lowest BCUT2D eigenvalue weighted by Gasteiger charge is -1.97. The topological polar surface area (TPSA) is 171 Å². The molecule has 0 saturated carbocycles. The second-order valence-electron chi connectivity index (χ2n) is 3.68. The van der Waals surface area contributed by atoms with Crippen LogP contribution in [0.2, 0.25) is 0 Å². The van der Waals surface area contributed by atoms with Crippen LogP contribution in [0.3, 0.4) is 0 Å². The van der Waals surface area contributed by atoms with Gasteiger partial charge in [-0.25, -0.2) is 4.79 Å². The maximum absolute atomic E-state index is 9.96. The summed E-state index contributed by atoms with van der Waals surface area (Å²) in [6.07, 6.45) is 1.80. The van der Waals surface area contributed by atoms with Crippen molar-refractivity contribution >= 4 is 6.03 Å². The van der Waals surface area contributed by atoms with Crippen LogP contribution in [0, 0.1) is 11.5 Å². The lowest BCUT2D eigenvalue weighted by molar-refractivity contribution is 0.194. The van der Waals surface area contributed by atoms with E-state index >= 15 is 0 Å². The Morgan fingerprint density at radius 1 is 1.27 bits per heavy atom. The van der Waals surface area contributed by atoms with Gasteiger partial charge in [0.25, 0.3) is 6.26 Å². The van der Waals surface area contributed by atoms with E-state index in [0.29, 0.717) is 12.6 Å². The molecule has 1 aliphatic heterocycles. The molecule has 0 aliphatic carbocycles. The average molecular weight is 387 g/mol. The Hall–Kier alpha value is -1.64.